The molecule has 0 amide bonds. The number of esters is 1. The molecule has 0 aromatic rings. The first-order valence-electron chi connectivity index (χ1n) is 10.5. The van der Waals surface area contributed by atoms with Crippen LogP contribution in [-0.4, -0.2) is 58.0 Å². The summed E-state index contributed by atoms with van der Waals surface area (Å²) >= 11 is 0. The minimum absolute atomic E-state index is 0.0777. The molecule has 0 unspecified atom stereocenters. The quantitative estimate of drug-likeness (QED) is 0.197. The van der Waals surface area contributed by atoms with Gasteiger partial charge in [0.05, 0.1) is 34.4 Å². The molecule has 0 spiro atoms. The summed E-state index contributed by atoms with van der Waals surface area (Å²) in [6.45, 7) is 4.82. The van der Waals surface area contributed by atoms with Crippen LogP contribution in [0, 0.1) is 0 Å². The van der Waals surface area contributed by atoms with Crippen LogP contribution < -0.4 is 0 Å². The van der Waals surface area contributed by atoms with Gasteiger partial charge in [-0.1, -0.05) is 71.1 Å². The van der Waals surface area contributed by atoms with E-state index >= 15 is 0 Å². The van der Waals surface area contributed by atoms with Crippen LogP contribution in [0.1, 0.15) is 84.0 Å². The molecule has 25 heavy (non-hydrogen) atoms. The number of carbonyl (C=O) groups is 1. The van der Waals surface area contributed by atoms with E-state index in [-0.39, 0.29) is 5.97 Å². The fourth-order valence-corrected chi connectivity index (χ4v) is 2.66. The van der Waals surface area contributed by atoms with Gasteiger partial charge in [0.15, 0.2) is 0 Å². The fraction of sp³-hybridized carbons (Fsp3) is 0.952. The number of hydrogen-bond donors (Lipinski definition) is 0. The normalized spacial score (nSPS) is 11.7. The predicted molar refractivity (Wildman–Crippen MR) is 106 cm³/mol. The molecule has 0 heterocycles. The van der Waals surface area contributed by atoms with Crippen LogP contribution in [0.2, 0.25) is 0 Å². The maximum Gasteiger partial charge on any atom is 0.305 e. The van der Waals surface area contributed by atoms with Gasteiger partial charge in [0, 0.05) is 6.42 Å². The maximum absolute atomic E-state index is 11.6. The molecule has 0 aromatic heterocycles. The van der Waals surface area contributed by atoms with E-state index in [1.54, 1.807) is 0 Å². The van der Waals surface area contributed by atoms with Crippen molar-refractivity contribution in [2.75, 3.05) is 47.5 Å². The molecule has 4 nitrogen and oxygen atoms in total. The topological polar surface area (TPSA) is 35.5 Å². The Morgan fingerprint density at radius 2 is 1.24 bits per heavy atom. The lowest BCUT2D eigenvalue weighted by Crippen LogP contribution is -2.37. The fourth-order valence-electron chi connectivity index (χ4n) is 2.66. The molecule has 0 N–H and O–H groups in total. The monoisotopic (exact) mass is 358 g/mol. The van der Waals surface area contributed by atoms with Gasteiger partial charge in [-0.2, -0.15) is 0 Å². The van der Waals surface area contributed by atoms with E-state index in [1.165, 1.54) is 57.8 Å². The molecular weight excluding hydrogens is 314 g/mol. The van der Waals surface area contributed by atoms with Crippen LogP contribution in [-0.2, 0) is 14.3 Å². The van der Waals surface area contributed by atoms with Crippen molar-refractivity contribution in [2.24, 2.45) is 0 Å². The average molecular weight is 359 g/mol. The number of nitrogens with zero attached hydrogens (tertiary/aromatic N) is 1. The number of likely N-dealkylation sites (N-methyl/N-ethyl adjacent to an activating group) is 1. The van der Waals surface area contributed by atoms with Gasteiger partial charge in [0.1, 0.15) is 13.2 Å². The summed E-state index contributed by atoms with van der Waals surface area (Å²) in [5.74, 6) is -0.0777. The first-order valence-corrected chi connectivity index (χ1v) is 10.5. The van der Waals surface area contributed by atoms with Crippen LogP contribution >= 0.6 is 0 Å². The number of carbonyl (C=O) groups excluding carboxylic acids is 1. The molecule has 0 aliphatic heterocycles. The van der Waals surface area contributed by atoms with Crippen LogP contribution in [0.15, 0.2) is 0 Å². The lowest BCUT2D eigenvalue weighted by molar-refractivity contribution is -0.870. The molecule has 0 aliphatic rings. The third-order valence-corrected chi connectivity index (χ3v) is 4.38. The van der Waals surface area contributed by atoms with Crippen molar-refractivity contribution >= 4 is 5.97 Å². The number of hydrogen-bond acceptors (Lipinski definition) is 3. The van der Waals surface area contributed by atoms with E-state index in [1.807, 2.05) is 0 Å². The lowest BCUT2D eigenvalue weighted by atomic mass is 10.1. The maximum atomic E-state index is 11.6. The van der Waals surface area contributed by atoms with Crippen molar-refractivity contribution in [3.05, 3.63) is 0 Å². The minimum Gasteiger partial charge on any atom is -0.463 e. The van der Waals surface area contributed by atoms with Crippen molar-refractivity contribution in [1.82, 2.24) is 0 Å². The standard InChI is InChI=1S/C21H44NO3/c1-5-6-7-8-9-10-11-12-13-14-15-16-21(23)25-20-19-24-18-17-22(2,3)4/h5-20H2,1-4H3/q+1. The average Bonchev–Trinajstić information content (AvgIpc) is 2.55. The summed E-state index contributed by atoms with van der Waals surface area (Å²) in [6, 6.07) is 0. The summed E-state index contributed by atoms with van der Waals surface area (Å²) in [5.41, 5.74) is 0. The van der Waals surface area contributed by atoms with Crippen LogP contribution in [0.3, 0.4) is 0 Å². The summed E-state index contributed by atoms with van der Waals surface area (Å²) in [6.07, 6.45) is 14.8. The molecular formula is C21H44NO3+. The molecule has 0 saturated heterocycles. The second-order valence-electron chi connectivity index (χ2n) is 8.13. The highest BCUT2D eigenvalue weighted by atomic mass is 16.6. The first kappa shape index (κ1) is 24.4. The van der Waals surface area contributed by atoms with Crippen molar-refractivity contribution in [2.45, 2.75) is 84.0 Å². The molecule has 0 fully saturated rings. The zero-order valence-corrected chi connectivity index (χ0v) is 17.5. The number of quaternary nitrogens is 1. The van der Waals surface area contributed by atoms with Gasteiger partial charge < -0.3 is 14.0 Å². The highest BCUT2D eigenvalue weighted by molar-refractivity contribution is 5.69. The van der Waals surface area contributed by atoms with E-state index in [0.29, 0.717) is 26.2 Å². The number of ether oxygens (including phenoxy) is 2. The first-order chi connectivity index (χ1) is 12.0. The lowest BCUT2D eigenvalue weighted by Gasteiger charge is -2.23. The van der Waals surface area contributed by atoms with E-state index in [2.05, 4.69) is 28.1 Å². The third-order valence-electron chi connectivity index (χ3n) is 4.38. The Kier molecular flexibility index (Phi) is 16.4. The molecule has 0 radical (unpaired) electrons. The van der Waals surface area contributed by atoms with Crippen LogP contribution in [0.4, 0.5) is 0 Å². The van der Waals surface area contributed by atoms with Crippen molar-refractivity contribution < 1.29 is 18.8 Å². The Bertz CT molecular complexity index is 300. The van der Waals surface area contributed by atoms with Gasteiger partial charge in [0.2, 0.25) is 0 Å². The summed E-state index contributed by atoms with van der Waals surface area (Å²) in [4.78, 5) is 11.6. The molecule has 0 atom stereocenters. The third kappa shape index (κ3) is 21.3. The predicted octanol–water partition coefficient (Wildman–Crippen LogP) is 4.95. The molecule has 4 heteroatoms. The van der Waals surface area contributed by atoms with Gasteiger partial charge in [-0.25, -0.2) is 0 Å². The van der Waals surface area contributed by atoms with Gasteiger partial charge in [-0.05, 0) is 6.42 Å². The Morgan fingerprint density at radius 3 is 1.76 bits per heavy atom. The highest BCUT2D eigenvalue weighted by Gasteiger charge is 2.06. The highest BCUT2D eigenvalue weighted by Crippen LogP contribution is 2.12. The summed E-state index contributed by atoms with van der Waals surface area (Å²) in [7, 11) is 6.41. The van der Waals surface area contributed by atoms with E-state index in [9.17, 15) is 4.79 Å². The molecule has 0 aliphatic carbocycles. The molecule has 150 valence electrons. The zero-order valence-electron chi connectivity index (χ0n) is 17.5. The van der Waals surface area contributed by atoms with Crippen molar-refractivity contribution in [3.63, 3.8) is 0 Å². The molecule has 0 rings (SSSR count). The van der Waals surface area contributed by atoms with Gasteiger partial charge in [-0.15, -0.1) is 0 Å². The largest absolute Gasteiger partial charge is 0.463 e. The van der Waals surface area contributed by atoms with E-state index in [4.69, 9.17) is 9.47 Å². The molecule has 0 aromatic carbocycles. The zero-order chi connectivity index (χ0) is 18.8. The minimum atomic E-state index is -0.0777. The van der Waals surface area contributed by atoms with Gasteiger partial charge in [0.25, 0.3) is 0 Å². The Morgan fingerprint density at radius 1 is 0.720 bits per heavy atom. The van der Waals surface area contributed by atoms with Crippen LogP contribution in [0.25, 0.3) is 0 Å². The van der Waals surface area contributed by atoms with Gasteiger partial charge >= 0.3 is 5.97 Å². The Balaban J connectivity index is 3.20. The smallest absolute Gasteiger partial charge is 0.305 e. The molecule has 0 bridgehead atoms. The summed E-state index contributed by atoms with van der Waals surface area (Å²) in [5, 5.41) is 0. The second kappa shape index (κ2) is 16.8. The summed E-state index contributed by atoms with van der Waals surface area (Å²) < 4.78 is 11.6. The number of rotatable bonds is 18. The van der Waals surface area contributed by atoms with E-state index < -0.39 is 0 Å². The second-order valence-corrected chi connectivity index (χ2v) is 8.13. The molecule has 0 saturated carbocycles. The van der Waals surface area contributed by atoms with Crippen molar-refractivity contribution in [1.29, 1.82) is 0 Å². The Labute approximate surface area is 156 Å². The van der Waals surface area contributed by atoms with Crippen LogP contribution in [0.5, 0.6) is 0 Å². The SMILES string of the molecule is CCCCCCCCCCCCCC(=O)OCCOCC[N+](C)(C)C. The van der Waals surface area contributed by atoms with E-state index in [0.717, 1.165) is 23.9 Å². The Hall–Kier alpha value is -0.610. The van der Waals surface area contributed by atoms with Gasteiger partial charge in [-0.3, -0.25) is 4.79 Å². The number of unbranched alkanes of at least 4 members (excludes halogenated alkanes) is 10. The van der Waals surface area contributed by atoms with Crippen molar-refractivity contribution in [3.8, 4) is 0 Å².